The fourth-order valence-electron chi connectivity index (χ4n) is 3.00. The van der Waals surface area contributed by atoms with Gasteiger partial charge in [0.15, 0.2) is 0 Å². The molecule has 112 valence electrons. The third kappa shape index (κ3) is 4.49. The van der Waals surface area contributed by atoms with E-state index >= 15 is 0 Å². The Morgan fingerprint density at radius 3 is 2.70 bits per heavy atom. The first-order chi connectivity index (χ1) is 9.70. The molecule has 1 aliphatic rings. The molecule has 0 saturated heterocycles. The highest BCUT2D eigenvalue weighted by molar-refractivity contribution is 7.99. The maximum atomic E-state index is 13.2. The third-order valence-corrected chi connectivity index (χ3v) is 5.58. The number of hydrogen-bond donors (Lipinski definition) is 1. The summed E-state index contributed by atoms with van der Waals surface area (Å²) in [4.78, 5) is 0. The van der Waals surface area contributed by atoms with Gasteiger partial charge in [-0.2, -0.15) is 11.8 Å². The van der Waals surface area contributed by atoms with Gasteiger partial charge in [-0.1, -0.05) is 32.3 Å². The fourth-order valence-corrected chi connectivity index (χ4v) is 4.43. The van der Waals surface area contributed by atoms with Crippen LogP contribution < -0.4 is 5.32 Å². The maximum absolute atomic E-state index is 13.2. The Hall–Kier alpha value is -0.540. The van der Waals surface area contributed by atoms with Gasteiger partial charge in [-0.25, -0.2) is 4.39 Å². The number of thioether (sulfide) groups is 1. The first-order valence-electron chi connectivity index (χ1n) is 7.81. The monoisotopic (exact) mass is 295 g/mol. The highest BCUT2D eigenvalue weighted by atomic mass is 32.2. The maximum Gasteiger partial charge on any atom is 0.123 e. The molecule has 3 heteroatoms. The van der Waals surface area contributed by atoms with Crippen molar-refractivity contribution in [2.45, 2.75) is 57.2 Å². The van der Waals surface area contributed by atoms with Crippen LogP contribution in [-0.4, -0.2) is 17.5 Å². The van der Waals surface area contributed by atoms with Gasteiger partial charge < -0.3 is 5.32 Å². The van der Waals surface area contributed by atoms with E-state index in [4.69, 9.17) is 0 Å². The third-order valence-electron chi connectivity index (χ3n) is 4.11. The van der Waals surface area contributed by atoms with Crippen molar-refractivity contribution in [2.75, 3.05) is 12.3 Å². The quantitative estimate of drug-likeness (QED) is 0.805. The summed E-state index contributed by atoms with van der Waals surface area (Å²) in [5, 5.41) is 4.38. The van der Waals surface area contributed by atoms with Gasteiger partial charge in [-0.15, -0.1) is 0 Å². The average molecular weight is 295 g/mol. The molecule has 1 atom stereocenters. The predicted molar refractivity (Wildman–Crippen MR) is 86.9 cm³/mol. The summed E-state index contributed by atoms with van der Waals surface area (Å²) in [6.45, 7) is 5.10. The van der Waals surface area contributed by atoms with Crippen LogP contribution in [0.25, 0.3) is 0 Å². The first kappa shape index (κ1) is 15.8. The zero-order valence-corrected chi connectivity index (χ0v) is 13.4. The summed E-state index contributed by atoms with van der Waals surface area (Å²) < 4.78 is 13.2. The van der Waals surface area contributed by atoms with E-state index in [1.807, 2.05) is 13.0 Å². The van der Waals surface area contributed by atoms with Crippen molar-refractivity contribution >= 4 is 11.8 Å². The molecule has 0 spiro atoms. The van der Waals surface area contributed by atoms with Gasteiger partial charge in [0.1, 0.15) is 5.82 Å². The molecule has 1 N–H and O–H groups in total. The molecule has 1 aromatic rings. The number of aryl methyl sites for hydroxylation is 1. The van der Waals surface area contributed by atoms with Gasteiger partial charge in [0, 0.05) is 17.0 Å². The molecule has 1 fully saturated rings. The van der Waals surface area contributed by atoms with Crippen LogP contribution in [-0.2, 0) is 0 Å². The van der Waals surface area contributed by atoms with E-state index in [0.717, 1.165) is 23.1 Å². The molecule has 0 radical (unpaired) electrons. The highest BCUT2D eigenvalue weighted by Gasteiger charge is 2.18. The minimum Gasteiger partial charge on any atom is -0.310 e. The van der Waals surface area contributed by atoms with Crippen molar-refractivity contribution in [1.29, 1.82) is 0 Å². The fraction of sp³-hybridized carbons (Fsp3) is 0.647. The number of rotatable bonds is 6. The van der Waals surface area contributed by atoms with Crippen LogP contribution in [0.5, 0.6) is 0 Å². The van der Waals surface area contributed by atoms with Gasteiger partial charge in [0.05, 0.1) is 0 Å². The molecule has 20 heavy (non-hydrogen) atoms. The minimum atomic E-state index is -0.138. The summed E-state index contributed by atoms with van der Waals surface area (Å²) in [6.07, 6.45) is 6.92. The zero-order chi connectivity index (χ0) is 14.4. The molecule has 0 amide bonds. The van der Waals surface area contributed by atoms with E-state index in [2.05, 4.69) is 24.0 Å². The Morgan fingerprint density at radius 2 is 2.05 bits per heavy atom. The molecule has 1 nitrogen and oxygen atoms in total. The Balaban J connectivity index is 1.98. The van der Waals surface area contributed by atoms with Crippen LogP contribution in [0, 0.1) is 12.7 Å². The Labute approximate surface area is 126 Å². The molecule has 0 heterocycles. The molecule has 0 bridgehead atoms. The lowest BCUT2D eigenvalue weighted by Crippen LogP contribution is -2.25. The Kier molecular flexibility index (Phi) is 6.37. The molecule has 1 aliphatic carbocycles. The van der Waals surface area contributed by atoms with Crippen LogP contribution >= 0.6 is 11.8 Å². The molecule has 1 unspecified atom stereocenters. The standard InChI is InChI=1S/C17H26FNS/c1-3-19-17(12-20-15-7-5-4-6-8-15)16-10-9-14(18)11-13(16)2/h9-11,15,17,19H,3-8,12H2,1-2H3. The number of hydrogen-bond acceptors (Lipinski definition) is 2. The first-order valence-corrected chi connectivity index (χ1v) is 8.86. The predicted octanol–water partition coefficient (Wildman–Crippen LogP) is 4.85. The lowest BCUT2D eigenvalue weighted by atomic mass is 10.0. The summed E-state index contributed by atoms with van der Waals surface area (Å²) in [5.41, 5.74) is 2.30. The van der Waals surface area contributed by atoms with Gasteiger partial charge >= 0.3 is 0 Å². The van der Waals surface area contributed by atoms with Gasteiger partial charge in [0.25, 0.3) is 0 Å². The summed E-state index contributed by atoms with van der Waals surface area (Å²) >= 11 is 2.10. The van der Waals surface area contributed by atoms with E-state index in [-0.39, 0.29) is 5.82 Å². The Bertz CT molecular complexity index is 415. The van der Waals surface area contributed by atoms with Crippen molar-refractivity contribution in [3.63, 3.8) is 0 Å². The molecule has 0 aliphatic heterocycles. The SMILES string of the molecule is CCNC(CSC1CCCCC1)c1ccc(F)cc1C. The summed E-state index contributed by atoms with van der Waals surface area (Å²) in [7, 11) is 0. The molecule has 1 saturated carbocycles. The topological polar surface area (TPSA) is 12.0 Å². The van der Waals surface area contributed by atoms with E-state index in [9.17, 15) is 4.39 Å². The summed E-state index contributed by atoms with van der Waals surface area (Å²) in [5.74, 6) is 0.951. The van der Waals surface area contributed by atoms with Crippen molar-refractivity contribution in [3.8, 4) is 0 Å². The van der Waals surface area contributed by atoms with Crippen molar-refractivity contribution < 1.29 is 4.39 Å². The van der Waals surface area contributed by atoms with E-state index in [0.29, 0.717) is 6.04 Å². The van der Waals surface area contributed by atoms with Crippen molar-refractivity contribution in [3.05, 3.63) is 35.1 Å². The second kappa shape index (κ2) is 8.04. The summed E-state index contributed by atoms with van der Waals surface area (Å²) in [6, 6.07) is 5.51. The van der Waals surface area contributed by atoms with Gasteiger partial charge in [-0.05, 0) is 49.6 Å². The molecule has 2 rings (SSSR count). The van der Waals surface area contributed by atoms with Crippen molar-refractivity contribution in [2.24, 2.45) is 0 Å². The zero-order valence-electron chi connectivity index (χ0n) is 12.6. The smallest absolute Gasteiger partial charge is 0.123 e. The van der Waals surface area contributed by atoms with Gasteiger partial charge in [-0.3, -0.25) is 0 Å². The van der Waals surface area contributed by atoms with E-state index < -0.39 is 0 Å². The Morgan fingerprint density at radius 1 is 1.30 bits per heavy atom. The lowest BCUT2D eigenvalue weighted by Gasteiger charge is -2.25. The van der Waals surface area contributed by atoms with Gasteiger partial charge in [0.2, 0.25) is 0 Å². The second-order valence-electron chi connectivity index (χ2n) is 5.70. The molecular weight excluding hydrogens is 269 g/mol. The average Bonchev–Trinajstić information content (AvgIpc) is 2.45. The minimum absolute atomic E-state index is 0.138. The normalized spacial score (nSPS) is 18.1. The van der Waals surface area contributed by atoms with E-state index in [1.54, 1.807) is 12.1 Å². The van der Waals surface area contributed by atoms with Crippen LogP contribution in [0.4, 0.5) is 4.39 Å². The molecule has 0 aromatic heterocycles. The van der Waals surface area contributed by atoms with E-state index in [1.165, 1.54) is 37.7 Å². The highest BCUT2D eigenvalue weighted by Crippen LogP contribution is 2.31. The van der Waals surface area contributed by atoms with Crippen LogP contribution in [0.3, 0.4) is 0 Å². The molecule has 1 aromatic carbocycles. The lowest BCUT2D eigenvalue weighted by molar-refractivity contribution is 0.514. The second-order valence-corrected chi connectivity index (χ2v) is 7.04. The number of nitrogens with one attached hydrogen (secondary N) is 1. The largest absolute Gasteiger partial charge is 0.310 e. The van der Waals surface area contributed by atoms with Crippen LogP contribution in [0.1, 0.15) is 56.2 Å². The van der Waals surface area contributed by atoms with Crippen LogP contribution in [0.15, 0.2) is 18.2 Å². The van der Waals surface area contributed by atoms with Crippen LogP contribution in [0.2, 0.25) is 0 Å². The van der Waals surface area contributed by atoms with Crippen molar-refractivity contribution in [1.82, 2.24) is 5.32 Å². The molecular formula is C17H26FNS. The number of benzene rings is 1. The number of halogens is 1.